The summed E-state index contributed by atoms with van der Waals surface area (Å²) in [5.41, 5.74) is 1.64. The number of rotatable bonds is 4. The molecule has 0 atom stereocenters. The third kappa shape index (κ3) is 2.51. The molecule has 4 heteroatoms. The van der Waals surface area contributed by atoms with Gasteiger partial charge in [-0.3, -0.25) is 0 Å². The number of nitriles is 1. The first-order valence-corrected chi connectivity index (χ1v) is 6.01. The third-order valence-corrected chi connectivity index (χ3v) is 2.66. The minimum atomic E-state index is 0.626. The second-order valence-electron chi connectivity index (χ2n) is 3.88. The fraction of sp³-hybridized carbons (Fsp3) is 0.286. The Balaban J connectivity index is 2.22. The van der Waals surface area contributed by atoms with E-state index in [0.29, 0.717) is 11.3 Å². The molecule has 1 aromatic heterocycles. The Hall–Kier alpha value is -2.28. The van der Waals surface area contributed by atoms with Crippen molar-refractivity contribution in [3.8, 4) is 17.7 Å². The highest BCUT2D eigenvalue weighted by Crippen LogP contribution is 2.22. The van der Waals surface area contributed by atoms with Gasteiger partial charge in [-0.2, -0.15) is 10.4 Å². The lowest BCUT2D eigenvalue weighted by Crippen LogP contribution is -2.00. The van der Waals surface area contributed by atoms with Gasteiger partial charge in [-0.05, 0) is 37.6 Å². The molecule has 4 nitrogen and oxygen atoms in total. The van der Waals surface area contributed by atoms with E-state index in [4.69, 9.17) is 10.00 Å². The molecule has 18 heavy (non-hydrogen) atoms. The van der Waals surface area contributed by atoms with Gasteiger partial charge in [0.15, 0.2) is 0 Å². The van der Waals surface area contributed by atoms with Gasteiger partial charge in [-0.25, -0.2) is 4.68 Å². The summed E-state index contributed by atoms with van der Waals surface area (Å²) in [5, 5.41) is 13.1. The zero-order chi connectivity index (χ0) is 13.0. The zero-order valence-electron chi connectivity index (χ0n) is 10.6. The van der Waals surface area contributed by atoms with Crippen molar-refractivity contribution in [1.82, 2.24) is 9.78 Å². The van der Waals surface area contributed by atoms with Crippen molar-refractivity contribution in [2.45, 2.75) is 26.8 Å². The summed E-state index contributed by atoms with van der Waals surface area (Å²) in [6, 6.07) is 11.1. The molecule has 0 unspecified atom stereocenters. The standard InChI is InChI=1S/C14H15N3O/c1-3-12-9-14(17(4-2)16-12)18-13-7-5-11(10-15)6-8-13/h5-9H,3-4H2,1-2H3. The Morgan fingerprint density at radius 1 is 1.28 bits per heavy atom. The average Bonchev–Trinajstić information content (AvgIpc) is 2.82. The molecule has 0 aliphatic carbocycles. The number of benzene rings is 1. The van der Waals surface area contributed by atoms with Crippen molar-refractivity contribution in [1.29, 1.82) is 5.26 Å². The SMILES string of the molecule is CCc1cc(Oc2ccc(C#N)cc2)n(CC)n1. The van der Waals surface area contributed by atoms with E-state index in [1.807, 2.05) is 17.7 Å². The van der Waals surface area contributed by atoms with E-state index < -0.39 is 0 Å². The molecule has 2 aromatic rings. The maximum atomic E-state index is 8.73. The average molecular weight is 241 g/mol. The van der Waals surface area contributed by atoms with Crippen LogP contribution in [0, 0.1) is 11.3 Å². The maximum absolute atomic E-state index is 8.73. The van der Waals surface area contributed by atoms with Crippen molar-refractivity contribution in [2.24, 2.45) is 0 Å². The van der Waals surface area contributed by atoms with E-state index in [-0.39, 0.29) is 0 Å². The molecule has 0 saturated heterocycles. The summed E-state index contributed by atoms with van der Waals surface area (Å²) >= 11 is 0. The quantitative estimate of drug-likeness (QED) is 0.826. The fourth-order valence-corrected chi connectivity index (χ4v) is 1.65. The molecule has 0 bridgehead atoms. The Morgan fingerprint density at radius 2 is 2.00 bits per heavy atom. The summed E-state index contributed by atoms with van der Waals surface area (Å²) in [5.74, 6) is 1.45. The van der Waals surface area contributed by atoms with Crippen LogP contribution in [-0.4, -0.2) is 9.78 Å². The van der Waals surface area contributed by atoms with Crippen LogP contribution in [0.15, 0.2) is 30.3 Å². The summed E-state index contributed by atoms with van der Waals surface area (Å²) in [7, 11) is 0. The van der Waals surface area contributed by atoms with Gasteiger partial charge >= 0.3 is 0 Å². The summed E-state index contributed by atoms with van der Waals surface area (Å²) in [4.78, 5) is 0. The van der Waals surface area contributed by atoms with Gasteiger partial charge in [0.1, 0.15) is 5.75 Å². The summed E-state index contributed by atoms with van der Waals surface area (Å²) in [6.07, 6.45) is 0.886. The van der Waals surface area contributed by atoms with Crippen LogP contribution in [0.2, 0.25) is 0 Å². The van der Waals surface area contributed by atoms with Crippen LogP contribution < -0.4 is 4.74 Å². The lowest BCUT2D eigenvalue weighted by Gasteiger charge is -2.06. The second kappa shape index (κ2) is 5.37. The van der Waals surface area contributed by atoms with Crippen molar-refractivity contribution in [2.75, 3.05) is 0 Å². The predicted molar refractivity (Wildman–Crippen MR) is 68.5 cm³/mol. The number of nitrogens with zero attached hydrogens (tertiary/aromatic N) is 3. The summed E-state index contributed by atoms with van der Waals surface area (Å²) < 4.78 is 7.60. The van der Waals surface area contributed by atoms with Gasteiger partial charge in [0, 0.05) is 12.6 Å². The van der Waals surface area contributed by atoms with Gasteiger partial charge in [0.2, 0.25) is 5.88 Å². The largest absolute Gasteiger partial charge is 0.439 e. The van der Waals surface area contributed by atoms with Crippen molar-refractivity contribution in [3.63, 3.8) is 0 Å². The van der Waals surface area contributed by atoms with Crippen molar-refractivity contribution >= 4 is 0 Å². The molecule has 0 radical (unpaired) electrons. The van der Waals surface area contributed by atoms with Gasteiger partial charge in [0.05, 0.1) is 17.3 Å². The normalized spacial score (nSPS) is 10.1. The minimum absolute atomic E-state index is 0.626. The smallest absolute Gasteiger partial charge is 0.218 e. The Morgan fingerprint density at radius 3 is 2.56 bits per heavy atom. The van der Waals surface area contributed by atoms with Crippen LogP contribution in [0.1, 0.15) is 25.1 Å². The molecule has 0 fully saturated rings. The number of hydrogen-bond donors (Lipinski definition) is 0. The first kappa shape index (κ1) is 12.2. The highest BCUT2D eigenvalue weighted by molar-refractivity contribution is 5.36. The van der Waals surface area contributed by atoms with Crippen LogP contribution in [-0.2, 0) is 13.0 Å². The Bertz CT molecular complexity index is 564. The van der Waals surface area contributed by atoms with Gasteiger partial charge in [-0.15, -0.1) is 0 Å². The summed E-state index contributed by atoms with van der Waals surface area (Å²) in [6.45, 7) is 4.86. The molecule has 0 N–H and O–H groups in total. The van der Waals surface area contributed by atoms with Crippen LogP contribution in [0.4, 0.5) is 0 Å². The van der Waals surface area contributed by atoms with Crippen molar-refractivity contribution < 1.29 is 4.74 Å². The van der Waals surface area contributed by atoms with E-state index in [2.05, 4.69) is 18.1 Å². The van der Waals surface area contributed by atoms with Gasteiger partial charge in [-0.1, -0.05) is 6.92 Å². The van der Waals surface area contributed by atoms with Crippen LogP contribution >= 0.6 is 0 Å². The number of hydrogen-bond acceptors (Lipinski definition) is 3. The molecule has 92 valence electrons. The Kier molecular flexibility index (Phi) is 3.63. The molecule has 0 aliphatic heterocycles. The molecular formula is C14H15N3O. The van der Waals surface area contributed by atoms with E-state index in [0.717, 1.165) is 24.5 Å². The molecule has 1 aromatic carbocycles. The van der Waals surface area contributed by atoms with Crippen LogP contribution in [0.3, 0.4) is 0 Å². The lowest BCUT2D eigenvalue weighted by atomic mass is 10.2. The molecule has 0 amide bonds. The first-order valence-electron chi connectivity index (χ1n) is 6.01. The van der Waals surface area contributed by atoms with E-state index in [1.165, 1.54) is 0 Å². The Labute approximate surface area is 106 Å². The predicted octanol–water partition coefficient (Wildman–Crippen LogP) is 3.13. The molecule has 1 heterocycles. The maximum Gasteiger partial charge on any atom is 0.218 e. The zero-order valence-corrected chi connectivity index (χ0v) is 10.6. The number of aryl methyl sites for hydroxylation is 2. The highest BCUT2D eigenvalue weighted by atomic mass is 16.5. The molecule has 0 aliphatic rings. The topological polar surface area (TPSA) is 50.8 Å². The van der Waals surface area contributed by atoms with Gasteiger partial charge in [0.25, 0.3) is 0 Å². The van der Waals surface area contributed by atoms with E-state index in [9.17, 15) is 0 Å². The molecular weight excluding hydrogens is 226 g/mol. The highest BCUT2D eigenvalue weighted by Gasteiger charge is 2.07. The lowest BCUT2D eigenvalue weighted by molar-refractivity contribution is 0.416. The van der Waals surface area contributed by atoms with Crippen LogP contribution in [0.25, 0.3) is 0 Å². The third-order valence-electron chi connectivity index (χ3n) is 2.66. The van der Waals surface area contributed by atoms with E-state index in [1.54, 1.807) is 24.3 Å². The van der Waals surface area contributed by atoms with Gasteiger partial charge < -0.3 is 4.74 Å². The molecule has 2 rings (SSSR count). The monoisotopic (exact) mass is 241 g/mol. The number of aromatic nitrogens is 2. The molecule has 0 spiro atoms. The molecule has 0 saturated carbocycles. The number of ether oxygens (including phenoxy) is 1. The fourth-order valence-electron chi connectivity index (χ4n) is 1.65. The van der Waals surface area contributed by atoms with E-state index >= 15 is 0 Å². The second-order valence-corrected chi connectivity index (χ2v) is 3.88. The van der Waals surface area contributed by atoms with Crippen LogP contribution in [0.5, 0.6) is 11.6 Å². The minimum Gasteiger partial charge on any atom is -0.439 e. The van der Waals surface area contributed by atoms with Crippen molar-refractivity contribution in [3.05, 3.63) is 41.6 Å². The first-order chi connectivity index (χ1) is 8.76.